The van der Waals surface area contributed by atoms with E-state index in [0.29, 0.717) is 28.2 Å². The van der Waals surface area contributed by atoms with Crippen molar-refractivity contribution in [3.8, 4) is 11.5 Å². The van der Waals surface area contributed by atoms with Gasteiger partial charge in [-0.3, -0.25) is 9.59 Å². The summed E-state index contributed by atoms with van der Waals surface area (Å²) in [5.74, 6) is 0.405. The number of carbonyl (C=O) groups is 2. The predicted octanol–water partition coefficient (Wildman–Crippen LogP) is 2.95. The maximum absolute atomic E-state index is 12.5. The number of hydrogen-bond acceptors (Lipinski definition) is 6. The van der Waals surface area contributed by atoms with Gasteiger partial charge in [-0.25, -0.2) is 0 Å². The van der Waals surface area contributed by atoms with Crippen molar-refractivity contribution in [2.45, 2.75) is 19.4 Å². The number of thiazole rings is 1. The Bertz CT molecular complexity index is 1090. The van der Waals surface area contributed by atoms with Crippen molar-refractivity contribution in [2.75, 3.05) is 21.3 Å². The molecular formula is C21H22N2O5S. The van der Waals surface area contributed by atoms with Crippen LogP contribution >= 0.6 is 11.3 Å². The van der Waals surface area contributed by atoms with Crippen molar-refractivity contribution in [3.63, 3.8) is 0 Å². The fraction of sp³-hybridized carbons (Fsp3) is 0.286. The summed E-state index contributed by atoms with van der Waals surface area (Å²) in [5, 5.41) is 0. The van der Waals surface area contributed by atoms with Crippen molar-refractivity contribution in [1.82, 2.24) is 4.57 Å². The molecule has 3 rings (SSSR count). The van der Waals surface area contributed by atoms with Crippen molar-refractivity contribution < 1.29 is 23.8 Å². The number of methoxy groups -OCH3 is 3. The lowest BCUT2D eigenvalue weighted by molar-refractivity contribution is -0.141. The third-order valence-electron chi connectivity index (χ3n) is 4.39. The van der Waals surface area contributed by atoms with Crippen LogP contribution in [0.2, 0.25) is 0 Å². The number of fused-ring (bicyclic) bond motifs is 1. The van der Waals surface area contributed by atoms with Gasteiger partial charge in [0.2, 0.25) is 5.91 Å². The molecule has 1 amide bonds. The zero-order valence-electron chi connectivity index (χ0n) is 16.5. The van der Waals surface area contributed by atoms with E-state index in [1.165, 1.54) is 18.4 Å². The van der Waals surface area contributed by atoms with Crippen LogP contribution in [0.25, 0.3) is 10.2 Å². The Morgan fingerprint density at radius 1 is 1.03 bits per heavy atom. The fourth-order valence-electron chi connectivity index (χ4n) is 2.89. The van der Waals surface area contributed by atoms with E-state index in [2.05, 4.69) is 4.99 Å². The van der Waals surface area contributed by atoms with Gasteiger partial charge in [-0.2, -0.15) is 4.99 Å². The number of esters is 1. The van der Waals surface area contributed by atoms with E-state index in [1.54, 1.807) is 30.9 Å². The van der Waals surface area contributed by atoms with Crippen LogP contribution in [0.1, 0.15) is 12.0 Å². The second kappa shape index (κ2) is 9.38. The summed E-state index contributed by atoms with van der Waals surface area (Å²) in [4.78, 5) is 29.1. The number of nitrogens with zero attached hydrogens (tertiary/aromatic N) is 2. The maximum Gasteiger partial charge on any atom is 0.325 e. The first-order chi connectivity index (χ1) is 14.0. The van der Waals surface area contributed by atoms with Gasteiger partial charge in [0.1, 0.15) is 6.54 Å². The first-order valence-electron chi connectivity index (χ1n) is 8.99. The summed E-state index contributed by atoms with van der Waals surface area (Å²) in [6.45, 7) is -0.0587. The number of carbonyl (C=O) groups excluding carboxylic acids is 2. The van der Waals surface area contributed by atoms with Gasteiger partial charge in [0.25, 0.3) is 0 Å². The van der Waals surface area contributed by atoms with Crippen molar-refractivity contribution in [2.24, 2.45) is 4.99 Å². The molecule has 1 aromatic heterocycles. The van der Waals surface area contributed by atoms with Crippen LogP contribution < -0.4 is 14.3 Å². The van der Waals surface area contributed by atoms with E-state index < -0.39 is 5.97 Å². The molecule has 8 heteroatoms. The number of aromatic nitrogens is 1. The van der Waals surface area contributed by atoms with Gasteiger partial charge in [0, 0.05) is 18.6 Å². The van der Waals surface area contributed by atoms with Gasteiger partial charge in [0.15, 0.2) is 16.3 Å². The minimum absolute atomic E-state index is 0.0587. The molecule has 2 aromatic carbocycles. The molecule has 1 heterocycles. The Hall–Kier alpha value is -3.13. The summed E-state index contributed by atoms with van der Waals surface area (Å²) >= 11 is 1.31. The molecule has 0 N–H and O–H groups in total. The molecule has 0 bridgehead atoms. The molecule has 29 heavy (non-hydrogen) atoms. The standard InChI is InChI=1S/C21H22N2O5S/c1-26-16-11-15-18(12-17(16)27-2)29-21(23(15)13-20(25)28-3)22-19(24)10-9-14-7-5-4-6-8-14/h4-8,11-12H,9-10,13H2,1-3H3. The highest BCUT2D eigenvalue weighted by Crippen LogP contribution is 2.33. The molecule has 0 aliphatic carbocycles. The highest BCUT2D eigenvalue weighted by atomic mass is 32.1. The summed E-state index contributed by atoms with van der Waals surface area (Å²) in [6.07, 6.45) is 0.885. The summed E-state index contributed by atoms with van der Waals surface area (Å²) in [6, 6.07) is 13.3. The van der Waals surface area contributed by atoms with Crippen LogP contribution in [0.15, 0.2) is 47.5 Å². The lowest BCUT2D eigenvalue weighted by Crippen LogP contribution is -2.22. The van der Waals surface area contributed by atoms with Crippen LogP contribution in [-0.2, 0) is 27.3 Å². The Kier molecular flexibility index (Phi) is 6.66. The minimum atomic E-state index is -0.433. The lowest BCUT2D eigenvalue weighted by atomic mass is 10.1. The zero-order valence-corrected chi connectivity index (χ0v) is 17.3. The number of hydrogen-bond donors (Lipinski definition) is 0. The van der Waals surface area contributed by atoms with E-state index in [0.717, 1.165) is 10.3 Å². The Morgan fingerprint density at radius 3 is 2.38 bits per heavy atom. The molecule has 0 saturated heterocycles. The molecular weight excluding hydrogens is 392 g/mol. The van der Waals surface area contributed by atoms with Crippen molar-refractivity contribution in [3.05, 3.63) is 52.8 Å². The second-order valence-electron chi connectivity index (χ2n) is 6.21. The van der Waals surface area contributed by atoms with E-state index in [4.69, 9.17) is 14.2 Å². The van der Waals surface area contributed by atoms with Gasteiger partial charge in [-0.15, -0.1) is 0 Å². The number of benzene rings is 2. The smallest absolute Gasteiger partial charge is 0.325 e. The molecule has 0 atom stereocenters. The zero-order chi connectivity index (χ0) is 20.8. The van der Waals surface area contributed by atoms with Crippen LogP contribution in [0, 0.1) is 0 Å². The number of ether oxygens (including phenoxy) is 3. The molecule has 152 valence electrons. The molecule has 0 fully saturated rings. The van der Waals surface area contributed by atoms with Gasteiger partial charge in [-0.1, -0.05) is 41.7 Å². The van der Waals surface area contributed by atoms with Crippen LogP contribution in [0.4, 0.5) is 0 Å². The van der Waals surface area contributed by atoms with Gasteiger partial charge >= 0.3 is 5.97 Å². The molecule has 7 nitrogen and oxygen atoms in total. The number of rotatable bonds is 7. The minimum Gasteiger partial charge on any atom is -0.493 e. The quantitative estimate of drug-likeness (QED) is 0.556. The van der Waals surface area contributed by atoms with E-state index in [-0.39, 0.29) is 18.9 Å². The molecule has 0 saturated carbocycles. The molecule has 3 aromatic rings. The topological polar surface area (TPSA) is 79.1 Å². The first kappa shape index (κ1) is 20.6. The normalized spacial score (nSPS) is 11.5. The molecule has 0 unspecified atom stereocenters. The van der Waals surface area contributed by atoms with Gasteiger partial charge in [0.05, 0.1) is 31.5 Å². The highest BCUT2D eigenvalue weighted by Gasteiger charge is 2.15. The van der Waals surface area contributed by atoms with E-state index in [1.807, 2.05) is 30.3 Å². The van der Waals surface area contributed by atoms with Crippen LogP contribution in [0.5, 0.6) is 11.5 Å². The summed E-state index contributed by atoms with van der Waals surface area (Å²) in [5.41, 5.74) is 1.79. The van der Waals surface area contributed by atoms with E-state index >= 15 is 0 Å². The second-order valence-corrected chi connectivity index (χ2v) is 7.22. The summed E-state index contributed by atoms with van der Waals surface area (Å²) in [7, 11) is 4.42. The predicted molar refractivity (Wildman–Crippen MR) is 110 cm³/mol. The monoisotopic (exact) mass is 414 g/mol. The van der Waals surface area contributed by atoms with Crippen LogP contribution in [0.3, 0.4) is 0 Å². The lowest BCUT2D eigenvalue weighted by Gasteiger charge is -2.09. The molecule has 0 radical (unpaired) electrons. The SMILES string of the molecule is COC(=O)Cn1c(=NC(=O)CCc2ccccc2)sc2cc(OC)c(OC)cc21. The van der Waals surface area contributed by atoms with Crippen molar-refractivity contribution >= 4 is 33.4 Å². The molecule has 0 aliphatic rings. The van der Waals surface area contributed by atoms with Crippen molar-refractivity contribution in [1.29, 1.82) is 0 Å². The molecule has 0 spiro atoms. The average Bonchev–Trinajstić information content (AvgIpc) is 3.07. The Labute approximate surface area is 172 Å². The largest absolute Gasteiger partial charge is 0.493 e. The Balaban J connectivity index is 2.00. The number of amides is 1. The highest BCUT2D eigenvalue weighted by molar-refractivity contribution is 7.16. The third-order valence-corrected chi connectivity index (χ3v) is 5.43. The first-order valence-corrected chi connectivity index (χ1v) is 9.81. The Morgan fingerprint density at radius 2 is 1.72 bits per heavy atom. The van der Waals surface area contributed by atoms with E-state index in [9.17, 15) is 9.59 Å². The number of aryl methyl sites for hydroxylation is 1. The third kappa shape index (κ3) is 4.83. The van der Waals surface area contributed by atoms with Crippen LogP contribution in [-0.4, -0.2) is 37.8 Å². The van der Waals surface area contributed by atoms with Gasteiger partial charge < -0.3 is 18.8 Å². The summed E-state index contributed by atoms with van der Waals surface area (Å²) < 4.78 is 18.0. The fourth-order valence-corrected chi connectivity index (χ4v) is 3.94. The van der Waals surface area contributed by atoms with Gasteiger partial charge in [-0.05, 0) is 12.0 Å². The maximum atomic E-state index is 12.5. The molecule has 0 aliphatic heterocycles. The average molecular weight is 414 g/mol.